The van der Waals surface area contributed by atoms with Crippen LogP contribution >= 0.6 is 0 Å². The molecule has 1 fully saturated rings. The molecule has 1 amide bonds. The Hall–Kier alpha value is -1.35. The minimum Gasteiger partial charge on any atom is -0.396 e. The standard InChI is InChI=1S/C16H23NO2/c1-16(2,14-6-4-3-5-7-14)15(19)17-10-8-13(12-18)9-11-17/h3-7,13,18H,8-12H2,1-2H3. The Labute approximate surface area is 115 Å². The van der Waals surface area contributed by atoms with Gasteiger partial charge in [0.15, 0.2) is 0 Å². The predicted octanol–water partition coefficient (Wildman–Crippen LogP) is 2.20. The van der Waals surface area contributed by atoms with Gasteiger partial charge in [-0.3, -0.25) is 4.79 Å². The van der Waals surface area contributed by atoms with Gasteiger partial charge in [-0.2, -0.15) is 0 Å². The Balaban J connectivity index is 2.07. The first-order valence-corrected chi connectivity index (χ1v) is 7.01. The minimum atomic E-state index is -0.479. The summed E-state index contributed by atoms with van der Waals surface area (Å²) in [5.41, 5.74) is 0.581. The van der Waals surface area contributed by atoms with Gasteiger partial charge in [0.1, 0.15) is 0 Å². The fourth-order valence-corrected chi connectivity index (χ4v) is 2.69. The van der Waals surface area contributed by atoms with Crippen LogP contribution in [0.5, 0.6) is 0 Å². The van der Waals surface area contributed by atoms with Crippen LogP contribution in [0.15, 0.2) is 30.3 Å². The summed E-state index contributed by atoms with van der Waals surface area (Å²) in [6.07, 6.45) is 1.82. The average Bonchev–Trinajstić information content (AvgIpc) is 2.47. The number of hydrogen-bond donors (Lipinski definition) is 1. The van der Waals surface area contributed by atoms with Crippen molar-refractivity contribution >= 4 is 5.91 Å². The summed E-state index contributed by atoms with van der Waals surface area (Å²) in [5, 5.41) is 9.15. The third-order valence-corrected chi connectivity index (χ3v) is 4.19. The highest BCUT2D eigenvalue weighted by atomic mass is 16.3. The van der Waals surface area contributed by atoms with E-state index in [1.165, 1.54) is 0 Å². The molecular formula is C16H23NO2. The van der Waals surface area contributed by atoms with Crippen molar-refractivity contribution in [1.29, 1.82) is 0 Å². The third kappa shape index (κ3) is 2.98. The van der Waals surface area contributed by atoms with Gasteiger partial charge in [-0.1, -0.05) is 30.3 Å². The number of rotatable bonds is 3. The second-order valence-electron chi connectivity index (χ2n) is 5.91. The van der Waals surface area contributed by atoms with Crippen LogP contribution in [0.4, 0.5) is 0 Å². The Morgan fingerprint density at radius 3 is 2.37 bits per heavy atom. The van der Waals surface area contributed by atoms with Crippen LogP contribution < -0.4 is 0 Å². The van der Waals surface area contributed by atoms with E-state index in [1.54, 1.807) is 0 Å². The smallest absolute Gasteiger partial charge is 0.232 e. The van der Waals surface area contributed by atoms with Crippen LogP contribution in [0, 0.1) is 5.92 Å². The predicted molar refractivity (Wildman–Crippen MR) is 75.9 cm³/mol. The van der Waals surface area contributed by atoms with Crippen molar-refractivity contribution in [3.8, 4) is 0 Å². The number of likely N-dealkylation sites (tertiary alicyclic amines) is 1. The van der Waals surface area contributed by atoms with Crippen molar-refractivity contribution in [3.05, 3.63) is 35.9 Å². The summed E-state index contributed by atoms with van der Waals surface area (Å²) in [6, 6.07) is 9.94. The van der Waals surface area contributed by atoms with E-state index < -0.39 is 5.41 Å². The molecule has 19 heavy (non-hydrogen) atoms. The molecular weight excluding hydrogens is 238 g/mol. The monoisotopic (exact) mass is 261 g/mol. The summed E-state index contributed by atoms with van der Waals surface area (Å²) in [7, 11) is 0. The summed E-state index contributed by atoms with van der Waals surface area (Å²) >= 11 is 0. The first-order chi connectivity index (χ1) is 9.05. The van der Waals surface area contributed by atoms with Gasteiger partial charge >= 0.3 is 0 Å². The molecule has 0 aliphatic carbocycles. The van der Waals surface area contributed by atoms with Gasteiger partial charge in [0.2, 0.25) is 5.91 Å². The van der Waals surface area contributed by atoms with Crippen molar-refractivity contribution in [2.45, 2.75) is 32.1 Å². The number of benzene rings is 1. The first-order valence-electron chi connectivity index (χ1n) is 7.01. The summed E-state index contributed by atoms with van der Waals surface area (Å²) < 4.78 is 0. The number of aliphatic hydroxyl groups is 1. The van der Waals surface area contributed by atoms with Gasteiger partial charge in [-0.15, -0.1) is 0 Å². The van der Waals surface area contributed by atoms with Crippen LogP contribution in [0.25, 0.3) is 0 Å². The Bertz CT molecular complexity index is 420. The van der Waals surface area contributed by atoms with E-state index in [4.69, 9.17) is 5.11 Å². The maximum atomic E-state index is 12.7. The second kappa shape index (κ2) is 5.74. The summed E-state index contributed by atoms with van der Waals surface area (Å²) in [5.74, 6) is 0.555. The molecule has 0 atom stereocenters. The molecule has 1 aromatic carbocycles. The zero-order valence-electron chi connectivity index (χ0n) is 11.8. The maximum Gasteiger partial charge on any atom is 0.232 e. The van der Waals surface area contributed by atoms with E-state index in [1.807, 2.05) is 49.1 Å². The highest BCUT2D eigenvalue weighted by Gasteiger charge is 2.35. The Morgan fingerprint density at radius 2 is 1.84 bits per heavy atom. The number of aliphatic hydroxyl groups excluding tert-OH is 1. The lowest BCUT2D eigenvalue weighted by Gasteiger charge is -2.36. The van der Waals surface area contributed by atoms with E-state index >= 15 is 0 Å². The number of carbonyl (C=O) groups excluding carboxylic acids is 1. The van der Waals surface area contributed by atoms with E-state index in [0.29, 0.717) is 5.92 Å². The van der Waals surface area contributed by atoms with Gasteiger partial charge in [-0.05, 0) is 38.2 Å². The van der Waals surface area contributed by atoms with Crippen LogP contribution in [-0.4, -0.2) is 35.6 Å². The molecule has 3 nitrogen and oxygen atoms in total. The van der Waals surface area contributed by atoms with Crippen molar-refractivity contribution in [1.82, 2.24) is 4.90 Å². The van der Waals surface area contributed by atoms with Gasteiger partial charge in [-0.25, -0.2) is 0 Å². The maximum absolute atomic E-state index is 12.7. The molecule has 1 aliphatic heterocycles. The molecule has 104 valence electrons. The van der Waals surface area contributed by atoms with Crippen LogP contribution in [-0.2, 0) is 10.2 Å². The lowest BCUT2D eigenvalue weighted by atomic mass is 9.82. The molecule has 2 rings (SSSR count). The topological polar surface area (TPSA) is 40.5 Å². The van der Waals surface area contributed by atoms with E-state index in [-0.39, 0.29) is 12.5 Å². The van der Waals surface area contributed by atoms with Gasteiger partial charge in [0.25, 0.3) is 0 Å². The fraction of sp³-hybridized carbons (Fsp3) is 0.562. The fourth-order valence-electron chi connectivity index (χ4n) is 2.69. The molecule has 0 unspecified atom stereocenters. The number of hydrogen-bond acceptors (Lipinski definition) is 2. The molecule has 1 aromatic rings. The molecule has 0 spiro atoms. The Kier molecular flexibility index (Phi) is 4.25. The molecule has 1 saturated heterocycles. The van der Waals surface area contributed by atoms with E-state index in [0.717, 1.165) is 31.5 Å². The number of nitrogens with zero attached hydrogens (tertiary/aromatic N) is 1. The lowest BCUT2D eigenvalue weighted by molar-refractivity contribution is -0.137. The van der Waals surface area contributed by atoms with Gasteiger partial charge in [0, 0.05) is 19.7 Å². The third-order valence-electron chi connectivity index (χ3n) is 4.19. The summed E-state index contributed by atoms with van der Waals surface area (Å²) in [6.45, 7) is 5.75. The van der Waals surface area contributed by atoms with Crippen LogP contribution in [0.3, 0.4) is 0 Å². The molecule has 1 N–H and O–H groups in total. The van der Waals surface area contributed by atoms with Gasteiger partial charge in [0.05, 0.1) is 5.41 Å². The zero-order chi connectivity index (χ0) is 13.9. The largest absolute Gasteiger partial charge is 0.396 e. The highest BCUT2D eigenvalue weighted by Crippen LogP contribution is 2.28. The van der Waals surface area contributed by atoms with Gasteiger partial charge < -0.3 is 10.0 Å². The molecule has 1 heterocycles. The number of piperidine rings is 1. The lowest BCUT2D eigenvalue weighted by Crippen LogP contribution is -2.47. The SMILES string of the molecule is CC(C)(C(=O)N1CCC(CO)CC1)c1ccccc1. The van der Waals surface area contributed by atoms with Crippen LogP contribution in [0.2, 0.25) is 0 Å². The number of amides is 1. The minimum absolute atomic E-state index is 0.190. The molecule has 0 saturated carbocycles. The molecule has 1 aliphatic rings. The van der Waals surface area contributed by atoms with E-state index in [2.05, 4.69) is 0 Å². The zero-order valence-corrected chi connectivity index (χ0v) is 11.8. The molecule has 0 bridgehead atoms. The van der Waals surface area contributed by atoms with Crippen molar-refractivity contribution in [2.75, 3.05) is 19.7 Å². The van der Waals surface area contributed by atoms with Crippen molar-refractivity contribution in [2.24, 2.45) is 5.92 Å². The molecule has 0 aromatic heterocycles. The average molecular weight is 261 g/mol. The summed E-state index contributed by atoms with van der Waals surface area (Å²) in [4.78, 5) is 14.6. The van der Waals surface area contributed by atoms with Crippen LogP contribution in [0.1, 0.15) is 32.3 Å². The van der Waals surface area contributed by atoms with Crippen molar-refractivity contribution < 1.29 is 9.90 Å². The first kappa shape index (κ1) is 14.1. The highest BCUT2D eigenvalue weighted by molar-refractivity contribution is 5.87. The van der Waals surface area contributed by atoms with E-state index in [9.17, 15) is 4.79 Å². The quantitative estimate of drug-likeness (QED) is 0.906. The van der Waals surface area contributed by atoms with Crippen molar-refractivity contribution in [3.63, 3.8) is 0 Å². The Morgan fingerprint density at radius 1 is 1.26 bits per heavy atom. The normalized spacial score (nSPS) is 17.5. The molecule has 3 heteroatoms. The number of carbonyl (C=O) groups is 1. The second-order valence-corrected chi connectivity index (χ2v) is 5.91. The molecule has 0 radical (unpaired) electrons.